The van der Waals surface area contributed by atoms with Gasteiger partial charge >= 0.3 is 0 Å². The molecule has 2 atom stereocenters. The van der Waals surface area contributed by atoms with Crippen LogP contribution in [0.15, 0.2) is 34.7 Å². The Morgan fingerprint density at radius 2 is 2.00 bits per heavy atom. The molecule has 1 aromatic carbocycles. The van der Waals surface area contributed by atoms with Gasteiger partial charge in [-0.1, -0.05) is 18.2 Å². The van der Waals surface area contributed by atoms with Crippen molar-refractivity contribution in [2.24, 2.45) is 5.92 Å². The smallest absolute Gasteiger partial charge is 0.247 e. The molecule has 0 N–H and O–H groups in total. The van der Waals surface area contributed by atoms with Gasteiger partial charge in [0.2, 0.25) is 21.8 Å². The molecule has 3 rings (SSSR count). The summed E-state index contributed by atoms with van der Waals surface area (Å²) in [5.41, 5.74) is 0.840. The number of rotatable bonds is 5. The Balaban J connectivity index is 1.86. The van der Waals surface area contributed by atoms with Crippen molar-refractivity contribution < 1.29 is 17.6 Å². The second kappa shape index (κ2) is 6.38. The molecule has 7 nitrogen and oxygen atoms in total. The molecule has 2 heterocycles. The first kappa shape index (κ1) is 16.1. The molecule has 2 aromatic rings. The van der Waals surface area contributed by atoms with Crippen molar-refractivity contribution in [2.45, 2.75) is 5.92 Å². The number of methoxy groups -OCH3 is 1. The fraction of sp³-hybridized carbons (Fsp3) is 0.467. The Bertz CT molecular complexity index is 760. The van der Waals surface area contributed by atoms with Gasteiger partial charge in [0.05, 0.1) is 18.8 Å². The van der Waals surface area contributed by atoms with Crippen molar-refractivity contribution in [1.82, 2.24) is 14.5 Å². The molecule has 0 saturated carbocycles. The summed E-state index contributed by atoms with van der Waals surface area (Å²) in [4.78, 5) is 0. The van der Waals surface area contributed by atoms with Gasteiger partial charge in [0.15, 0.2) is 0 Å². The minimum Gasteiger partial charge on any atom is -0.420 e. The summed E-state index contributed by atoms with van der Waals surface area (Å²) in [6, 6.07) is 9.49. The second-order valence-corrected chi connectivity index (χ2v) is 7.70. The normalized spacial score (nSPS) is 22.5. The van der Waals surface area contributed by atoms with E-state index in [0.717, 1.165) is 5.56 Å². The quantitative estimate of drug-likeness (QED) is 0.819. The Labute approximate surface area is 135 Å². The highest BCUT2D eigenvalue weighted by Crippen LogP contribution is 2.34. The minimum atomic E-state index is -3.25. The van der Waals surface area contributed by atoms with Crippen LogP contribution in [0.2, 0.25) is 0 Å². The highest BCUT2D eigenvalue weighted by Gasteiger charge is 2.40. The summed E-state index contributed by atoms with van der Waals surface area (Å²) in [5, 5.41) is 8.22. The largest absolute Gasteiger partial charge is 0.420 e. The summed E-state index contributed by atoms with van der Waals surface area (Å²) in [7, 11) is -1.65. The SMILES string of the molecule is COC[C@@H]1CN(S(C)(=O)=O)C[C@H]1c1nnc(-c2ccccc2)o1. The lowest BCUT2D eigenvalue weighted by molar-refractivity contribution is 0.147. The van der Waals surface area contributed by atoms with Crippen LogP contribution < -0.4 is 0 Å². The van der Waals surface area contributed by atoms with E-state index in [1.807, 2.05) is 30.3 Å². The maximum atomic E-state index is 11.8. The van der Waals surface area contributed by atoms with Gasteiger partial charge in [0.25, 0.3) is 0 Å². The Kier molecular flexibility index (Phi) is 4.47. The van der Waals surface area contributed by atoms with Crippen LogP contribution in [0.4, 0.5) is 0 Å². The predicted molar refractivity (Wildman–Crippen MR) is 84.3 cm³/mol. The summed E-state index contributed by atoms with van der Waals surface area (Å²) in [6.45, 7) is 1.18. The number of hydrogen-bond donors (Lipinski definition) is 0. The monoisotopic (exact) mass is 337 g/mol. The third kappa shape index (κ3) is 3.44. The Morgan fingerprint density at radius 3 is 2.65 bits per heavy atom. The number of ether oxygens (including phenoxy) is 1. The Hall–Kier alpha value is -1.77. The first-order valence-electron chi connectivity index (χ1n) is 7.32. The molecule has 8 heteroatoms. The molecule has 1 saturated heterocycles. The topological polar surface area (TPSA) is 85.5 Å². The molecule has 0 spiro atoms. The molecular formula is C15H19N3O4S. The number of aromatic nitrogens is 2. The van der Waals surface area contributed by atoms with Gasteiger partial charge in [-0.2, -0.15) is 0 Å². The zero-order valence-electron chi connectivity index (χ0n) is 13.0. The van der Waals surface area contributed by atoms with Crippen LogP contribution >= 0.6 is 0 Å². The minimum absolute atomic E-state index is 0.00111. The van der Waals surface area contributed by atoms with E-state index < -0.39 is 10.0 Å². The molecule has 0 radical (unpaired) electrons. The van der Waals surface area contributed by atoms with Crippen molar-refractivity contribution in [3.05, 3.63) is 36.2 Å². The molecule has 1 aliphatic rings. The van der Waals surface area contributed by atoms with Crippen LogP contribution in [0.3, 0.4) is 0 Å². The van der Waals surface area contributed by atoms with E-state index >= 15 is 0 Å². The van der Waals surface area contributed by atoms with Crippen LogP contribution in [-0.2, 0) is 14.8 Å². The average molecular weight is 337 g/mol. The zero-order valence-corrected chi connectivity index (χ0v) is 13.9. The van der Waals surface area contributed by atoms with E-state index in [2.05, 4.69) is 10.2 Å². The fourth-order valence-corrected chi connectivity index (χ4v) is 3.74. The van der Waals surface area contributed by atoms with E-state index in [0.29, 0.717) is 31.5 Å². The Morgan fingerprint density at radius 1 is 1.26 bits per heavy atom. The molecule has 1 aromatic heterocycles. The second-order valence-electron chi connectivity index (χ2n) is 5.71. The lowest BCUT2D eigenvalue weighted by atomic mass is 9.97. The highest BCUT2D eigenvalue weighted by atomic mass is 32.2. The molecule has 124 valence electrons. The van der Waals surface area contributed by atoms with Crippen molar-refractivity contribution in [3.63, 3.8) is 0 Å². The molecular weight excluding hydrogens is 318 g/mol. The van der Waals surface area contributed by atoms with Crippen LogP contribution in [0.1, 0.15) is 11.8 Å². The van der Waals surface area contributed by atoms with E-state index in [1.54, 1.807) is 7.11 Å². The van der Waals surface area contributed by atoms with E-state index in [4.69, 9.17) is 9.15 Å². The third-order valence-electron chi connectivity index (χ3n) is 4.04. The lowest BCUT2D eigenvalue weighted by Gasteiger charge is -2.13. The number of benzene rings is 1. The van der Waals surface area contributed by atoms with Gasteiger partial charge < -0.3 is 9.15 Å². The van der Waals surface area contributed by atoms with Gasteiger partial charge in [0, 0.05) is 31.7 Å². The molecule has 0 unspecified atom stereocenters. The molecule has 0 aliphatic carbocycles. The third-order valence-corrected chi connectivity index (χ3v) is 5.27. The molecule has 1 fully saturated rings. The van der Waals surface area contributed by atoms with Gasteiger partial charge in [0.1, 0.15) is 0 Å². The van der Waals surface area contributed by atoms with Crippen molar-refractivity contribution >= 4 is 10.0 Å². The van der Waals surface area contributed by atoms with Crippen LogP contribution in [0, 0.1) is 5.92 Å². The highest BCUT2D eigenvalue weighted by molar-refractivity contribution is 7.88. The maximum absolute atomic E-state index is 11.8. The molecule has 0 amide bonds. The van der Waals surface area contributed by atoms with Crippen molar-refractivity contribution in [1.29, 1.82) is 0 Å². The summed E-state index contributed by atoms with van der Waals surface area (Å²) < 4.78 is 36.1. The fourth-order valence-electron chi connectivity index (χ4n) is 2.85. The van der Waals surface area contributed by atoms with E-state index in [1.165, 1.54) is 10.6 Å². The summed E-state index contributed by atoms with van der Waals surface area (Å²) >= 11 is 0. The lowest BCUT2D eigenvalue weighted by Crippen LogP contribution is -2.28. The van der Waals surface area contributed by atoms with Gasteiger partial charge in [-0.25, -0.2) is 12.7 Å². The average Bonchev–Trinajstić information content (AvgIpc) is 3.14. The van der Waals surface area contributed by atoms with Crippen LogP contribution in [-0.4, -0.2) is 56.0 Å². The number of hydrogen-bond acceptors (Lipinski definition) is 6. The number of sulfonamides is 1. The number of nitrogens with zero attached hydrogens (tertiary/aromatic N) is 3. The summed E-state index contributed by atoms with van der Waals surface area (Å²) in [6.07, 6.45) is 1.21. The molecule has 1 aliphatic heterocycles. The van der Waals surface area contributed by atoms with Crippen molar-refractivity contribution in [3.8, 4) is 11.5 Å². The standard InChI is InChI=1S/C15H19N3O4S/c1-21-10-12-8-18(23(2,19)20)9-13(12)15-17-16-14(22-15)11-6-4-3-5-7-11/h3-7,12-13H,8-10H2,1-2H3/t12-,13+/m0/s1. The predicted octanol–water partition coefficient (Wildman–Crippen LogP) is 1.36. The van der Waals surface area contributed by atoms with Gasteiger partial charge in [-0.3, -0.25) is 0 Å². The van der Waals surface area contributed by atoms with Crippen LogP contribution in [0.25, 0.3) is 11.5 Å². The summed E-state index contributed by atoms with van der Waals surface area (Å²) in [5.74, 6) is 0.736. The first-order chi connectivity index (χ1) is 11.0. The maximum Gasteiger partial charge on any atom is 0.247 e. The zero-order chi connectivity index (χ0) is 16.4. The molecule has 23 heavy (non-hydrogen) atoms. The van der Waals surface area contributed by atoms with Gasteiger partial charge in [-0.15, -0.1) is 10.2 Å². The van der Waals surface area contributed by atoms with Crippen LogP contribution in [0.5, 0.6) is 0 Å². The molecule has 0 bridgehead atoms. The van der Waals surface area contributed by atoms with E-state index in [-0.39, 0.29) is 11.8 Å². The van der Waals surface area contributed by atoms with Crippen molar-refractivity contribution in [2.75, 3.05) is 33.1 Å². The van der Waals surface area contributed by atoms with E-state index in [9.17, 15) is 8.42 Å². The first-order valence-corrected chi connectivity index (χ1v) is 9.16. The van der Waals surface area contributed by atoms with Gasteiger partial charge in [-0.05, 0) is 12.1 Å².